The van der Waals surface area contributed by atoms with E-state index in [0.717, 1.165) is 25.7 Å². The van der Waals surface area contributed by atoms with Crippen LogP contribution in [0.3, 0.4) is 0 Å². The van der Waals surface area contributed by atoms with Gasteiger partial charge >= 0.3 is 5.97 Å². The number of Topliss-reactive ketones (excluding diaryl/α,β-unsaturated/α-hetero) is 1. The Morgan fingerprint density at radius 2 is 1.93 bits per heavy atom. The van der Waals surface area contributed by atoms with Crippen molar-refractivity contribution < 1.29 is 19.4 Å². The van der Waals surface area contributed by atoms with Gasteiger partial charge in [-0.25, -0.2) is 4.79 Å². The van der Waals surface area contributed by atoms with Gasteiger partial charge in [0.1, 0.15) is 11.9 Å². The smallest absolute Gasteiger partial charge is 0.343 e. The quantitative estimate of drug-likeness (QED) is 0.613. The molecular formula is C25H26O4. The Labute approximate surface area is 170 Å². The summed E-state index contributed by atoms with van der Waals surface area (Å²) in [5.74, 6) is 1.41. The Morgan fingerprint density at radius 3 is 2.72 bits per heavy atom. The summed E-state index contributed by atoms with van der Waals surface area (Å²) < 4.78 is 5.60. The zero-order chi connectivity index (χ0) is 20.2. The van der Waals surface area contributed by atoms with Crippen LogP contribution in [0.2, 0.25) is 0 Å². The van der Waals surface area contributed by atoms with Crippen molar-refractivity contribution in [1.82, 2.24) is 0 Å². The molecule has 4 nitrogen and oxygen atoms in total. The molecule has 5 atom stereocenters. The average molecular weight is 390 g/mol. The van der Waals surface area contributed by atoms with E-state index in [0.29, 0.717) is 29.6 Å². The third-order valence-corrected chi connectivity index (χ3v) is 7.71. The van der Waals surface area contributed by atoms with Gasteiger partial charge in [0.05, 0.1) is 5.56 Å². The van der Waals surface area contributed by atoms with E-state index in [1.807, 2.05) is 30.3 Å². The lowest BCUT2D eigenvalue weighted by molar-refractivity contribution is -0.128. The number of rotatable bonds is 2. The first-order valence-electron chi connectivity index (χ1n) is 10.6. The summed E-state index contributed by atoms with van der Waals surface area (Å²) in [5, 5.41) is 10.5. The van der Waals surface area contributed by atoms with Crippen molar-refractivity contribution in [3.8, 4) is 5.75 Å². The maximum Gasteiger partial charge on any atom is 0.343 e. The Hall–Kier alpha value is -2.46. The van der Waals surface area contributed by atoms with E-state index in [1.54, 1.807) is 12.1 Å². The summed E-state index contributed by atoms with van der Waals surface area (Å²) in [5.41, 5.74) is 2.86. The monoisotopic (exact) mass is 390 g/mol. The van der Waals surface area contributed by atoms with Crippen molar-refractivity contribution >= 4 is 11.8 Å². The van der Waals surface area contributed by atoms with Crippen molar-refractivity contribution in [2.24, 2.45) is 17.3 Å². The minimum atomic E-state index is -0.797. The number of esters is 1. The maximum atomic E-state index is 12.4. The first-order valence-corrected chi connectivity index (χ1v) is 10.6. The van der Waals surface area contributed by atoms with Crippen molar-refractivity contribution in [2.75, 3.05) is 0 Å². The number of aryl methyl sites for hydroxylation is 1. The molecule has 1 unspecified atom stereocenters. The molecule has 2 aromatic carbocycles. The van der Waals surface area contributed by atoms with Gasteiger partial charge < -0.3 is 9.84 Å². The van der Waals surface area contributed by atoms with Crippen molar-refractivity contribution in [1.29, 1.82) is 0 Å². The van der Waals surface area contributed by atoms with Crippen LogP contribution in [-0.4, -0.2) is 23.0 Å². The fraction of sp³-hybridized carbons (Fsp3) is 0.440. The second-order valence-corrected chi connectivity index (χ2v) is 9.15. The normalized spacial score (nSPS) is 32.8. The molecule has 0 saturated heterocycles. The van der Waals surface area contributed by atoms with Crippen LogP contribution in [0.15, 0.2) is 48.5 Å². The summed E-state index contributed by atoms with van der Waals surface area (Å²) in [6, 6.07) is 15.0. The number of benzene rings is 2. The molecular weight excluding hydrogens is 364 g/mol. The highest BCUT2D eigenvalue weighted by Crippen LogP contribution is 2.60. The predicted octanol–water partition coefficient (Wildman–Crippen LogP) is 4.30. The third kappa shape index (κ3) is 2.93. The van der Waals surface area contributed by atoms with E-state index >= 15 is 0 Å². The molecule has 0 bridgehead atoms. The van der Waals surface area contributed by atoms with Crippen LogP contribution >= 0.6 is 0 Å². The van der Waals surface area contributed by atoms with Gasteiger partial charge in [0, 0.05) is 11.8 Å². The number of carbonyl (C=O) groups is 2. The molecule has 0 heterocycles. The zero-order valence-electron chi connectivity index (χ0n) is 16.6. The average Bonchev–Trinajstić information content (AvgIpc) is 2.98. The lowest BCUT2D eigenvalue weighted by Gasteiger charge is -2.49. The molecule has 3 aliphatic carbocycles. The van der Waals surface area contributed by atoms with Gasteiger partial charge in [0.15, 0.2) is 5.78 Å². The molecule has 150 valence electrons. The van der Waals surface area contributed by atoms with Gasteiger partial charge in [0.2, 0.25) is 0 Å². The van der Waals surface area contributed by atoms with E-state index in [4.69, 9.17) is 4.74 Å². The van der Waals surface area contributed by atoms with Crippen molar-refractivity contribution in [2.45, 2.75) is 51.0 Å². The summed E-state index contributed by atoms with van der Waals surface area (Å²) in [4.78, 5) is 24.6. The van der Waals surface area contributed by atoms with Crippen LogP contribution in [0.25, 0.3) is 0 Å². The molecule has 0 radical (unpaired) electrons. The number of aliphatic hydroxyl groups is 1. The summed E-state index contributed by atoms with van der Waals surface area (Å²) >= 11 is 0. The SMILES string of the molecule is C[C@]12CC[C@@H]3c4ccc(OC(=O)c5ccccc5)cc4CC[C@H]3[C@@H]1CC(=O)C2O. The van der Waals surface area contributed by atoms with Gasteiger partial charge in [-0.15, -0.1) is 0 Å². The summed E-state index contributed by atoms with van der Waals surface area (Å²) in [6.07, 6.45) is 3.54. The van der Waals surface area contributed by atoms with Gasteiger partial charge in [-0.2, -0.15) is 0 Å². The van der Waals surface area contributed by atoms with Crippen molar-refractivity contribution in [3.05, 3.63) is 65.2 Å². The van der Waals surface area contributed by atoms with Crippen LogP contribution in [-0.2, 0) is 11.2 Å². The lowest BCUT2D eigenvalue weighted by atomic mass is 9.55. The number of fused-ring (bicyclic) bond motifs is 5. The molecule has 5 rings (SSSR count). The number of hydrogen-bond acceptors (Lipinski definition) is 4. The van der Waals surface area contributed by atoms with E-state index in [2.05, 4.69) is 13.0 Å². The number of aliphatic hydroxyl groups excluding tert-OH is 1. The second kappa shape index (κ2) is 6.81. The van der Waals surface area contributed by atoms with Gasteiger partial charge in [-0.1, -0.05) is 31.2 Å². The Bertz CT molecular complexity index is 966. The minimum absolute atomic E-state index is 0.0205. The van der Waals surface area contributed by atoms with Crippen molar-refractivity contribution in [3.63, 3.8) is 0 Å². The first kappa shape index (κ1) is 18.6. The fourth-order valence-corrected chi connectivity index (χ4v) is 6.13. The maximum absolute atomic E-state index is 12.4. The number of hydrogen-bond donors (Lipinski definition) is 1. The lowest BCUT2D eigenvalue weighted by Crippen LogP contribution is -2.44. The fourth-order valence-electron chi connectivity index (χ4n) is 6.13. The van der Waals surface area contributed by atoms with Gasteiger partial charge in [-0.05, 0) is 78.8 Å². The Balaban J connectivity index is 1.38. The molecule has 29 heavy (non-hydrogen) atoms. The molecule has 2 saturated carbocycles. The zero-order valence-corrected chi connectivity index (χ0v) is 16.6. The van der Waals surface area contributed by atoms with Crippen LogP contribution in [0.4, 0.5) is 0 Å². The Morgan fingerprint density at radius 1 is 1.14 bits per heavy atom. The Kier molecular flexibility index (Phi) is 4.36. The number of ketones is 1. The van der Waals surface area contributed by atoms with E-state index in [1.165, 1.54) is 11.1 Å². The van der Waals surface area contributed by atoms with Crippen LogP contribution in [0, 0.1) is 17.3 Å². The highest BCUT2D eigenvalue weighted by atomic mass is 16.5. The molecule has 3 aliphatic rings. The highest BCUT2D eigenvalue weighted by molar-refractivity contribution is 5.91. The first-order chi connectivity index (χ1) is 14.0. The van der Waals surface area contributed by atoms with Gasteiger partial charge in [-0.3, -0.25) is 4.79 Å². The number of carbonyl (C=O) groups excluding carboxylic acids is 2. The molecule has 1 N–H and O–H groups in total. The molecule has 0 spiro atoms. The molecule has 0 amide bonds. The van der Waals surface area contributed by atoms with Crippen LogP contribution in [0.1, 0.15) is 60.0 Å². The van der Waals surface area contributed by atoms with E-state index in [-0.39, 0.29) is 23.1 Å². The standard InChI is InChI=1S/C25H26O4/c1-25-12-11-19-18-10-8-17(29-24(28)15-5-3-2-4-6-15)13-16(18)7-9-20(19)21(25)14-22(26)23(25)27/h2-6,8,10,13,19-21,23,27H,7,9,11-12,14H2,1H3/t19-,20-,21+,23?,25+/m1/s1. The molecule has 0 aromatic heterocycles. The summed E-state index contributed by atoms with van der Waals surface area (Å²) in [7, 11) is 0. The largest absolute Gasteiger partial charge is 0.423 e. The van der Waals surface area contributed by atoms with E-state index < -0.39 is 6.10 Å². The van der Waals surface area contributed by atoms with Gasteiger partial charge in [0.25, 0.3) is 0 Å². The third-order valence-electron chi connectivity index (χ3n) is 7.71. The topological polar surface area (TPSA) is 63.6 Å². The van der Waals surface area contributed by atoms with Crippen LogP contribution in [0.5, 0.6) is 5.75 Å². The van der Waals surface area contributed by atoms with E-state index in [9.17, 15) is 14.7 Å². The minimum Gasteiger partial charge on any atom is -0.423 e. The molecule has 2 fully saturated rings. The molecule has 4 heteroatoms. The molecule has 2 aromatic rings. The second-order valence-electron chi connectivity index (χ2n) is 9.15. The summed E-state index contributed by atoms with van der Waals surface area (Å²) in [6.45, 7) is 2.10. The highest BCUT2D eigenvalue weighted by Gasteiger charge is 2.57. The predicted molar refractivity (Wildman–Crippen MR) is 109 cm³/mol. The molecule has 0 aliphatic heterocycles. The number of ether oxygens (including phenoxy) is 1. The van der Waals surface area contributed by atoms with Crippen LogP contribution < -0.4 is 4.74 Å².